The van der Waals surface area contributed by atoms with E-state index in [1.807, 2.05) is 24.3 Å². The molecule has 0 aliphatic heterocycles. The van der Waals surface area contributed by atoms with Crippen LogP contribution in [0.4, 0.5) is 12.9 Å². The van der Waals surface area contributed by atoms with E-state index in [4.69, 9.17) is 23.2 Å². The van der Waals surface area contributed by atoms with Crippen LogP contribution in [0, 0.1) is 7.14 Å². The molecule has 0 radical (unpaired) electrons. The largest absolute Gasteiger partial charge is 1.00 e. The van der Waals surface area contributed by atoms with Crippen LogP contribution < -0.4 is 25.9 Å². The van der Waals surface area contributed by atoms with Crippen LogP contribution in [0.1, 0.15) is 0 Å². The van der Waals surface area contributed by atoms with E-state index in [-0.39, 0.29) is 25.9 Å². The zero-order chi connectivity index (χ0) is 14.3. The number of halogens is 7. The van der Waals surface area contributed by atoms with Crippen LogP contribution in [0.5, 0.6) is 0 Å². The Balaban J connectivity index is 0.000000644. The fourth-order valence-corrected chi connectivity index (χ4v) is 3.52. The van der Waals surface area contributed by atoms with Gasteiger partial charge in [0.15, 0.2) is 7.14 Å². The van der Waals surface area contributed by atoms with Crippen molar-refractivity contribution in [2.45, 2.75) is 0 Å². The van der Waals surface area contributed by atoms with Crippen molar-refractivity contribution < 1.29 is 38.9 Å². The quantitative estimate of drug-likeness (QED) is 0.322. The Morgan fingerprint density at radius 3 is 1.20 bits per heavy atom. The maximum atomic E-state index is 9.67. The fourth-order valence-electron chi connectivity index (χ4n) is 1.11. The van der Waals surface area contributed by atoms with Gasteiger partial charge in [0, 0.05) is 10.0 Å². The smallest absolute Gasteiger partial charge is 0.762 e. The van der Waals surface area contributed by atoms with Crippen LogP contribution in [0.15, 0.2) is 48.5 Å². The van der Waals surface area contributed by atoms with Crippen LogP contribution in [-0.4, -0.2) is 7.54 Å². The van der Waals surface area contributed by atoms with Crippen LogP contribution in [-0.2, 0) is 0 Å². The Kier molecular flexibility index (Phi) is 10.0. The maximum Gasteiger partial charge on any atom is 0.762 e. The van der Waals surface area contributed by atoms with Crippen LogP contribution in [0.3, 0.4) is 0 Å². The minimum atomic E-state index is -3.67. The van der Waals surface area contributed by atoms with Crippen molar-refractivity contribution in [2.24, 2.45) is 0 Å². The van der Waals surface area contributed by atoms with Gasteiger partial charge in [0.05, 0.1) is 0 Å². The molecule has 0 atom stereocenters. The SMILES string of the molecule is Clc1ccc([I+]c2ccc(Cl)cc2)cc1.FB(F)F.[F-]. The van der Waals surface area contributed by atoms with Crippen molar-refractivity contribution in [1.82, 2.24) is 0 Å². The monoisotopic (exact) mass is 436 g/mol. The average Bonchev–Trinajstić information content (AvgIpc) is 2.34. The summed E-state index contributed by atoms with van der Waals surface area (Å²) in [5, 5.41) is 1.58. The molecular weight excluding hydrogens is 429 g/mol. The maximum absolute atomic E-state index is 9.67. The highest BCUT2D eigenvalue weighted by Crippen LogP contribution is 2.05. The summed E-state index contributed by atoms with van der Waals surface area (Å²) in [6, 6.07) is 16.1. The molecular formula is C12H8BCl2F4I. The molecule has 0 bridgehead atoms. The Morgan fingerprint density at radius 1 is 0.700 bits per heavy atom. The molecule has 2 aromatic carbocycles. The van der Waals surface area contributed by atoms with Gasteiger partial charge in [0.1, 0.15) is 0 Å². The molecule has 20 heavy (non-hydrogen) atoms. The third-order valence-electron chi connectivity index (χ3n) is 1.83. The first-order valence-electron chi connectivity index (χ1n) is 5.05. The lowest BCUT2D eigenvalue weighted by Gasteiger charge is -1.89. The molecule has 0 unspecified atom stereocenters. The molecule has 0 amide bonds. The molecule has 0 heterocycles. The van der Waals surface area contributed by atoms with E-state index < -0.39 is 7.54 Å². The Morgan fingerprint density at radius 2 is 0.950 bits per heavy atom. The Labute approximate surface area is 135 Å². The lowest BCUT2D eigenvalue weighted by atomic mass is 10.4. The van der Waals surface area contributed by atoms with E-state index in [1.54, 1.807) is 0 Å². The number of rotatable bonds is 2. The van der Waals surface area contributed by atoms with Gasteiger partial charge in [-0.25, -0.2) is 0 Å². The Bertz CT molecular complexity index is 448. The van der Waals surface area contributed by atoms with Gasteiger partial charge in [-0.05, 0) is 48.5 Å². The van der Waals surface area contributed by atoms with Gasteiger partial charge in [0.2, 0.25) is 0 Å². The summed E-state index contributed by atoms with van der Waals surface area (Å²) in [4.78, 5) is 0. The normalized spacial score (nSPS) is 9.05. The summed E-state index contributed by atoms with van der Waals surface area (Å²) in [5.74, 6) is 0. The highest BCUT2D eigenvalue weighted by Gasteiger charge is 2.14. The van der Waals surface area contributed by atoms with E-state index >= 15 is 0 Å². The second-order valence-electron chi connectivity index (χ2n) is 3.21. The molecule has 0 N–H and O–H groups in total. The first kappa shape index (κ1) is 19.5. The van der Waals surface area contributed by atoms with Crippen molar-refractivity contribution >= 4 is 30.7 Å². The third kappa shape index (κ3) is 8.66. The fraction of sp³-hybridized carbons (Fsp3) is 0. The predicted octanol–water partition coefficient (Wildman–Crippen LogP) is -0.994. The molecule has 2 rings (SSSR count). The van der Waals surface area contributed by atoms with E-state index in [0.717, 1.165) is 10.0 Å². The number of hydrogen-bond acceptors (Lipinski definition) is 0. The van der Waals surface area contributed by atoms with Gasteiger partial charge < -0.3 is 4.70 Å². The zero-order valence-electron chi connectivity index (χ0n) is 9.84. The van der Waals surface area contributed by atoms with Gasteiger partial charge >= 0.3 is 28.7 Å². The summed E-state index contributed by atoms with van der Waals surface area (Å²) in [6.07, 6.45) is 0. The molecule has 0 aromatic heterocycles. The minimum absolute atomic E-state index is 0. The van der Waals surface area contributed by atoms with Crippen molar-refractivity contribution in [1.29, 1.82) is 0 Å². The predicted molar refractivity (Wildman–Crippen MR) is 69.4 cm³/mol. The molecule has 0 nitrogen and oxygen atoms in total. The van der Waals surface area contributed by atoms with Crippen molar-refractivity contribution in [3.8, 4) is 0 Å². The topological polar surface area (TPSA) is 0 Å². The molecule has 0 saturated carbocycles. The van der Waals surface area contributed by atoms with E-state index in [2.05, 4.69) is 24.3 Å². The molecule has 2 aromatic rings. The number of benzene rings is 2. The highest BCUT2D eigenvalue weighted by molar-refractivity contribution is 6.33. The van der Waals surface area contributed by atoms with Crippen LogP contribution in [0.25, 0.3) is 0 Å². The lowest BCUT2D eigenvalue weighted by molar-refractivity contribution is -0.597. The second-order valence-corrected chi connectivity index (χ2v) is 7.12. The van der Waals surface area contributed by atoms with Gasteiger partial charge in [0.25, 0.3) is 0 Å². The summed E-state index contributed by atoms with van der Waals surface area (Å²) in [5.41, 5.74) is 0. The van der Waals surface area contributed by atoms with E-state index in [0.29, 0.717) is 0 Å². The minimum Gasteiger partial charge on any atom is -1.00 e. The summed E-state index contributed by atoms with van der Waals surface area (Å²) in [6.45, 7) is 0. The molecule has 0 fully saturated rings. The summed E-state index contributed by atoms with van der Waals surface area (Å²) >= 11 is 11.5. The van der Waals surface area contributed by atoms with Gasteiger partial charge in [-0.15, -0.1) is 0 Å². The van der Waals surface area contributed by atoms with Gasteiger partial charge in [-0.3, -0.25) is 12.9 Å². The highest BCUT2D eigenvalue weighted by atomic mass is 127. The lowest BCUT2D eigenvalue weighted by Crippen LogP contribution is -3.61. The molecule has 108 valence electrons. The Hall–Kier alpha value is -0.465. The van der Waals surface area contributed by atoms with E-state index in [1.165, 1.54) is 7.14 Å². The second kappa shape index (κ2) is 10.3. The molecule has 0 saturated heterocycles. The first-order chi connectivity index (χ1) is 8.97. The molecule has 0 spiro atoms. The van der Waals surface area contributed by atoms with Gasteiger partial charge in [-0.2, -0.15) is 0 Å². The van der Waals surface area contributed by atoms with Crippen molar-refractivity contribution in [3.63, 3.8) is 0 Å². The summed E-state index contributed by atoms with van der Waals surface area (Å²) in [7, 11) is -3.67. The van der Waals surface area contributed by atoms with Gasteiger partial charge in [-0.1, -0.05) is 23.2 Å². The van der Waals surface area contributed by atoms with Crippen LogP contribution in [0.2, 0.25) is 10.0 Å². The standard InChI is InChI=1S/C12H8Cl2I.BF3.FH/c13-9-1-5-11(6-2-9)15-12-7-3-10(14)4-8-12;2-1(3)4;/h1-8H;;1H/q+1;;/p-1. The van der Waals surface area contributed by atoms with Crippen molar-refractivity contribution in [2.75, 3.05) is 0 Å². The summed E-state index contributed by atoms with van der Waals surface area (Å²) < 4.78 is 31.7. The molecule has 0 aliphatic carbocycles. The first-order valence-corrected chi connectivity index (χ1v) is 7.97. The van der Waals surface area contributed by atoms with Crippen molar-refractivity contribution in [3.05, 3.63) is 65.7 Å². The molecule has 0 aliphatic rings. The third-order valence-corrected chi connectivity index (χ3v) is 5.01. The zero-order valence-corrected chi connectivity index (χ0v) is 13.5. The molecule has 8 heteroatoms. The van der Waals surface area contributed by atoms with Crippen LogP contribution >= 0.6 is 23.2 Å². The van der Waals surface area contributed by atoms with E-state index in [9.17, 15) is 12.9 Å². The average molecular weight is 437 g/mol. The number of hydrogen-bond donors (Lipinski definition) is 0.